The van der Waals surface area contributed by atoms with Crippen LogP contribution < -0.4 is 0 Å². The average Bonchev–Trinajstić information content (AvgIpc) is 2.47. The van der Waals surface area contributed by atoms with Gasteiger partial charge in [0.25, 0.3) is 0 Å². The van der Waals surface area contributed by atoms with E-state index in [1.165, 1.54) is 76.4 Å². The maximum atomic E-state index is 2.50. The SMILES string of the molecule is CCCC1CCCCCCCC(C)C2=C1SCCC2. The van der Waals surface area contributed by atoms with Crippen LogP contribution in [0.15, 0.2) is 10.5 Å². The van der Waals surface area contributed by atoms with Gasteiger partial charge in [-0.25, -0.2) is 0 Å². The van der Waals surface area contributed by atoms with Crippen molar-refractivity contribution in [1.82, 2.24) is 0 Å². The topological polar surface area (TPSA) is 0 Å². The van der Waals surface area contributed by atoms with E-state index in [1.54, 1.807) is 0 Å². The molecule has 1 aliphatic heterocycles. The summed E-state index contributed by atoms with van der Waals surface area (Å²) in [4.78, 5) is 1.85. The van der Waals surface area contributed by atoms with Crippen LogP contribution in [-0.2, 0) is 0 Å². The van der Waals surface area contributed by atoms with Crippen molar-refractivity contribution >= 4 is 11.8 Å². The van der Waals surface area contributed by atoms with Gasteiger partial charge in [0.1, 0.15) is 0 Å². The van der Waals surface area contributed by atoms with Crippen LogP contribution in [0, 0.1) is 11.8 Å². The van der Waals surface area contributed by atoms with Crippen LogP contribution >= 0.6 is 11.8 Å². The molecule has 1 heterocycles. The second-order valence-corrected chi connectivity index (χ2v) is 7.71. The van der Waals surface area contributed by atoms with Gasteiger partial charge in [0.05, 0.1) is 0 Å². The molecule has 0 N–H and O–H groups in total. The Bertz CT molecular complexity index is 292. The molecule has 0 fully saturated rings. The quantitative estimate of drug-likeness (QED) is 0.551. The Morgan fingerprint density at radius 3 is 2.53 bits per heavy atom. The highest BCUT2D eigenvalue weighted by atomic mass is 32.2. The molecule has 19 heavy (non-hydrogen) atoms. The van der Waals surface area contributed by atoms with Gasteiger partial charge in [-0.05, 0) is 54.6 Å². The maximum absolute atomic E-state index is 2.50. The second-order valence-electron chi connectivity index (χ2n) is 6.57. The molecule has 0 aromatic rings. The third-order valence-electron chi connectivity index (χ3n) is 4.96. The van der Waals surface area contributed by atoms with Crippen LogP contribution in [0.4, 0.5) is 0 Å². The van der Waals surface area contributed by atoms with Crippen molar-refractivity contribution in [2.75, 3.05) is 5.75 Å². The van der Waals surface area contributed by atoms with Gasteiger partial charge in [-0.3, -0.25) is 0 Å². The molecule has 0 amide bonds. The van der Waals surface area contributed by atoms with Gasteiger partial charge >= 0.3 is 0 Å². The molecule has 0 radical (unpaired) electrons. The van der Waals surface area contributed by atoms with Crippen LogP contribution in [0.1, 0.15) is 84.5 Å². The summed E-state index contributed by atoms with van der Waals surface area (Å²) in [5, 5.41) is 0. The van der Waals surface area contributed by atoms with E-state index in [1.807, 2.05) is 10.5 Å². The standard InChI is InChI=1S/C18H32S/c1-3-10-16-12-8-6-4-5-7-11-15(2)17-13-9-14-19-18(16)17/h15-16H,3-14H2,1-2H3. The largest absolute Gasteiger partial charge is 0.130 e. The Morgan fingerprint density at radius 2 is 1.74 bits per heavy atom. The molecular weight excluding hydrogens is 248 g/mol. The first-order valence-electron chi connectivity index (χ1n) is 8.68. The Kier molecular flexibility index (Phi) is 6.84. The Labute approximate surface area is 124 Å². The van der Waals surface area contributed by atoms with Crippen LogP contribution in [-0.4, -0.2) is 5.75 Å². The van der Waals surface area contributed by atoms with E-state index in [2.05, 4.69) is 25.6 Å². The minimum Gasteiger partial charge on any atom is -0.130 e. The molecule has 0 bridgehead atoms. The zero-order chi connectivity index (χ0) is 13.5. The van der Waals surface area contributed by atoms with Crippen LogP contribution in [0.25, 0.3) is 0 Å². The van der Waals surface area contributed by atoms with Crippen molar-refractivity contribution in [3.8, 4) is 0 Å². The summed E-state index contributed by atoms with van der Waals surface area (Å²) in [5.74, 6) is 3.15. The molecular formula is C18H32S. The van der Waals surface area contributed by atoms with Crippen molar-refractivity contribution in [1.29, 1.82) is 0 Å². The zero-order valence-corrected chi connectivity index (χ0v) is 13.9. The van der Waals surface area contributed by atoms with E-state index in [-0.39, 0.29) is 0 Å². The molecule has 1 heteroatoms. The normalized spacial score (nSPS) is 30.6. The van der Waals surface area contributed by atoms with Gasteiger partial charge in [0.15, 0.2) is 0 Å². The first-order valence-corrected chi connectivity index (χ1v) is 9.67. The Hall–Kier alpha value is 0.0900. The lowest BCUT2D eigenvalue weighted by Crippen LogP contribution is -2.13. The highest BCUT2D eigenvalue weighted by Gasteiger charge is 2.24. The van der Waals surface area contributed by atoms with Crippen molar-refractivity contribution in [2.45, 2.75) is 84.5 Å². The molecule has 0 nitrogen and oxygen atoms in total. The molecule has 0 spiro atoms. The lowest BCUT2D eigenvalue weighted by atomic mass is 9.86. The summed E-state index contributed by atoms with van der Waals surface area (Å²) in [6.07, 6.45) is 15.9. The maximum Gasteiger partial charge on any atom is -0.00201 e. The Morgan fingerprint density at radius 1 is 1.00 bits per heavy atom. The lowest BCUT2D eigenvalue weighted by Gasteiger charge is -2.30. The molecule has 2 atom stereocenters. The lowest BCUT2D eigenvalue weighted by molar-refractivity contribution is 0.484. The number of allylic oxidation sites excluding steroid dienone is 2. The third kappa shape index (κ3) is 4.55. The Balaban J connectivity index is 2.18. The first kappa shape index (κ1) is 15.5. The average molecular weight is 281 g/mol. The summed E-state index contributed by atoms with van der Waals surface area (Å²) >= 11 is 2.22. The molecule has 2 aliphatic rings. The van der Waals surface area contributed by atoms with Gasteiger partial charge in [-0.15, -0.1) is 11.8 Å². The van der Waals surface area contributed by atoms with E-state index in [0.29, 0.717) is 0 Å². The third-order valence-corrected chi connectivity index (χ3v) is 6.36. The predicted octanol–water partition coefficient (Wildman–Crippen LogP) is 6.56. The van der Waals surface area contributed by atoms with Gasteiger partial charge in [0.2, 0.25) is 0 Å². The van der Waals surface area contributed by atoms with Gasteiger partial charge in [-0.1, -0.05) is 57.9 Å². The molecule has 0 saturated carbocycles. The van der Waals surface area contributed by atoms with Crippen molar-refractivity contribution in [2.24, 2.45) is 11.8 Å². The van der Waals surface area contributed by atoms with Crippen LogP contribution in [0.5, 0.6) is 0 Å². The van der Waals surface area contributed by atoms with Crippen molar-refractivity contribution in [3.05, 3.63) is 10.5 Å². The zero-order valence-electron chi connectivity index (χ0n) is 13.0. The van der Waals surface area contributed by atoms with E-state index >= 15 is 0 Å². The van der Waals surface area contributed by atoms with Gasteiger partial charge in [0, 0.05) is 0 Å². The summed E-state index contributed by atoms with van der Waals surface area (Å²) in [6.45, 7) is 4.87. The van der Waals surface area contributed by atoms with Gasteiger partial charge in [-0.2, -0.15) is 0 Å². The van der Waals surface area contributed by atoms with Gasteiger partial charge < -0.3 is 0 Å². The first-order chi connectivity index (χ1) is 9.33. The van der Waals surface area contributed by atoms with Crippen molar-refractivity contribution in [3.63, 3.8) is 0 Å². The second kappa shape index (κ2) is 8.39. The van der Waals surface area contributed by atoms with Crippen LogP contribution in [0.2, 0.25) is 0 Å². The van der Waals surface area contributed by atoms with E-state index in [4.69, 9.17) is 0 Å². The molecule has 2 rings (SSSR count). The smallest absolute Gasteiger partial charge is 0.00201 e. The monoisotopic (exact) mass is 280 g/mol. The predicted molar refractivity (Wildman–Crippen MR) is 88.6 cm³/mol. The molecule has 1 aliphatic carbocycles. The summed E-state index contributed by atoms with van der Waals surface area (Å²) in [5.41, 5.74) is 1.87. The molecule has 0 aromatic heterocycles. The van der Waals surface area contributed by atoms with E-state index < -0.39 is 0 Å². The number of hydrogen-bond acceptors (Lipinski definition) is 1. The van der Waals surface area contributed by atoms with Crippen molar-refractivity contribution < 1.29 is 0 Å². The number of hydrogen-bond donors (Lipinski definition) is 0. The minimum absolute atomic E-state index is 0.861. The fourth-order valence-corrected chi connectivity index (χ4v) is 5.30. The molecule has 2 unspecified atom stereocenters. The fraction of sp³-hybridized carbons (Fsp3) is 0.889. The van der Waals surface area contributed by atoms with Crippen LogP contribution in [0.3, 0.4) is 0 Å². The summed E-state index contributed by atoms with van der Waals surface area (Å²) in [7, 11) is 0. The molecule has 110 valence electrons. The fourth-order valence-electron chi connectivity index (χ4n) is 3.83. The minimum atomic E-state index is 0.861. The molecule has 0 saturated heterocycles. The summed E-state index contributed by atoms with van der Waals surface area (Å²) < 4.78 is 0. The highest BCUT2D eigenvalue weighted by molar-refractivity contribution is 8.03. The number of thioether (sulfide) groups is 1. The number of rotatable bonds is 2. The highest BCUT2D eigenvalue weighted by Crippen LogP contribution is 2.43. The van der Waals surface area contributed by atoms with E-state index in [0.717, 1.165) is 11.8 Å². The van der Waals surface area contributed by atoms with E-state index in [9.17, 15) is 0 Å². The molecule has 0 aromatic carbocycles. The summed E-state index contributed by atoms with van der Waals surface area (Å²) in [6, 6.07) is 0.